The number of carbonyl (C=O) groups is 5. The van der Waals surface area contributed by atoms with Crippen LogP contribution in [0.4, 0.5) is 15.3 Å². The van der Waals surface area contributed by atoms with Crippen molar-refractivity contribution in [1.82, 2.24) is 5.32 Å². The van der Waals surface area contributed by atoms with E-state index in [0.29, 0.717) is 0 Å². The van der Waals surface area contributed by atoms with Crippen LogP contribution in [0.25, 0.3) is 16.9 Å². The molecule has 14 heteroatoms. The van der Waals surface area contributed by atoms with Crippen LogP contribution in [0.5, 0.6) is 5.75 Å². The van der Waals surface area contributed by atoms with Crippen molar-refractivity contribution in [2.45, 2.75) is 36.9 Å². The highest BCUT2D eigenvalue weighted by atomic mass is 16.5. The average molecular weight is 682 g/mol. The third-order valence-corrected chi connectivity index (χ3v) is 10.3. The van der Waals surface area contributed by atoms with Crippen molar-refractivity contribution in [2.24, 2.45) is 17.6 Å². The highest BCUT2D eigenvalue weighted by molar-refractivity contribution is 6.23. The summed E-state index contributed by atoms with van der Waals surface area (Å²) in [4.78, 5) is 63.8. The summed E-state index contributed by atoms with van der Waals surface area (Å²) in [6.45, 7) is 1.51. The van der Waals surface area contributed by atoms with E-state index in [1.54, 1.807) is 6.92 Å². The van der Waals surface area contributed by atoms with Crippen LogP contribution in [-0.4, -0.2) is 73.4 Å². The standard InChI is InChI=1S/C36H31N3O11/c1-14-15-10-11-22(38-34(47)39-35(48)50-13-20-18-8-4-2-6-16(18)17-7-3-5-9-19(17)20)29(42)25(15)30(43)27-24(14)28(41)21-12-23(40)26(33(37)46)31(44)36(21,49)32(27)45/h2-11,14,20-21,24,28,41-44,49H,12-13H2,1H3,(H2,37,46)(H2,38,39,47,48). The number of ether oxygens (including phenoxy) is 1. The Labute approximate surface area is 283 Å². The number of primary amides is 1. The van der Waals surface area contributed by atoms with Gasteiger partial charge in [0.05, 0.1) is 17.4 Å². The van der Waals surface area contributed by atoms with Crippen LogP contribution < -0.4 is 16.4 Å². The number of nitrogens with two attached hydrogens (primary N) is 1. The second-order valence-electron chi connectivity index (χ2n) is 12.8. The van der Waals surface area contributed by atoms with Gasteiger partial charge in [0.2, 0.25) is 5.78 Å². The molecule has 9 N–H and O–H groups in total. The van der Waals surface area contributed by atoms with Crippen molar-refractivity contribution < 1.29 is 54.2 Å². The first-order chi connectivity index (χ1) is 23.8. The van der Waals surface area contributed by atoms with E-state index in [9.17, 15) is 49.5 Å². The van der Waals surface area contributed by atoms with Crippen molar-refractivity contribution in [3.05, 3.63) is 99.8 Å². The summed E-state index contributed by atoms with van der Waals surface area (Å²) in [7, 11) is 0. The normalized spacial score (nSPS) is 25.2. The Morgan fingerprint density at radius 1 is 0.940 bits per heavy atom. The first kappa shape index (κ1) is 32.6. The van der Waals surface area contributed by atoms with E-state index in [1.165, 1.54) is 12.1 Å². The van der Waals surface area contributed by atoms with Crippen molar-refractivity contribution in [3.8, 4) is 16.9 Å². The van der Waals surface area contributed by atoms with Crippen LogP contribution in [0, 0.1) is 11.8 Å². The lowest BCUT2D eigenvalue weighted by Gasteiger charge is -2.50. The second-order valence-corrected chi connectivity index (χ2v) is 12.8. The number of ketones is 2. The molecule has 5 atom stereocenters. The second kappa shape index (κ2) is 11.6. The number of rotatable bonds is 4. The topological polar surface area (TPSA) is 246 Å². The molecule has 3 aromatic carbocycles. The number of urea groups is 1. The van der Waals surface area contributed by atoms with Gasteiger partial charge in [-0.15, -0.1) is 0 Å². The number of aromatic hydroxyl groups is 1. The SMILES string of the molecule is CC1c2ccc(NC(=O)NC(=O)OCC3c4ccccc4-c4ccccc43)c(O)c2C(O)=C2C(=O)C3(O)C(O)=C(C(N)=O)C(=O)CC3C(O)C21. The minimum absolute atomic E-state index is 0.0648. The Balaban J connectivity index is 1.12. The Morgan fingerprint density at radius 2 is 1.56 bits per heavy atom. The van der Waals surface area contributed by atoms with Gasteiger partial charge in [0, 0.05) is 29.7 Å². The van der Waals surface area contributed by atoms with Gasteiger partial charge in [-0.3, -0.25) is 14.4 Å². The van der Waals surface area contributed by atoms with Crippen LogP contribution >= 0.6 is 0 Å². The van der Waals surface area contributed by atoms with Crippen LogP contribution in [0.1, 0.15) is 47.4 Å². The molecule has 0 bridgehead atoms. The molecule has 0 radical (unpaired) electrons. The number of aliphatic hydroxyl groups excluding tert-OH is 3. The Morgan fingerprint density at radius 3 is 2.18 bits per heavy atom. The summed E-state index contributed by atoms with van der Waals surface area (Å²) >= 11 is 0. The van der Waals surface area contributed by atoms with Gasteiger partial charge in [0.25, 0.3) is 5.91 Å². The van der Waals surface area contributed by atoms with Crippen LogP contribution in [-0.2, 0) is 19.1 Å². The number of nitrogens with one attached hydrogen (secondary N) is 2. The van der Waals surface area contributed by atoms with E-state index in [1.807, 2.05) is 53.8 Å². The number of benzene rings is 3. The monoisotopic (exact) mass is 681 g/mol. The number of imide groups is 1. The van der Waals surface area contributed by atoms with Gasteiger partial charge in [-0.25, -0.2) is 14.9 Å². The molecule has 1 fully saturated rings. The van der Waals surface area contributed by atoms with E-state index in [-0.39, 0.29) is 29.3 Å². The van der Waals surface area contributed by atoms with Crippen molar-refractivity contribution in [1.29, 1.82) is 0 Å². The molecule has 5 unspecified atom stereocenters. The molecule has 3 aromatic rings. The quantitative estimate of drug-likeness (QED) is 0.147. The van der Waals surface area contributed by atoms with E-state index in [0.717, 1.165) is 22.3 Å². The van der Waals surface area contributed by atoms with Gasteiger partial charge in [-0.1, -0.05) is 61.5 Å². The first-order valence-electron chi connectivity index (χ1n) is 15.7. The molecule has 14 nitrogen and oxygen atoms in total. The summed E-state index contributed by atoms with van der Waals surface area (Å²) in [6.07, 6.45) is -3.44. The highest BCUT2D eigenvalue weighted by Gasteiger charge is 2.65. The molecule has 1 saturated carbocycles. The zero-order valence-corrected chi connectivity index (χ0v) is 26.3. The predicted octanol–water partition coefficient (Wildman–Crippen LogP) is 3.03. The fourth-order valence-corrected chi connectivity index (χ4v) is 7.98. The average Bonchev–Trinajstić information content (AvgIpc) is 3.40. The first-order valence-corrected chi connectivity index (χ1v) is 15.7. The fraction of sp³-hybridized carbons (Fsp3) is 0.250. The maximum atomic E-state index is 13.9. The molecule has 0 saturated heterocycles. The van der Waals surface area contributed by atoms with E-state index >= 15 is 0 Å². The van der Waals surface area contributed by atoms with Crippen LogP contribution in [0.3, 0.4) is 0 Å². The summed E-state index contributed by atoms with van der Waals surface area (Å²) in [5, 5.41) is 60.6. The van der Waals surface area contributed by atoms with Gasteiger partial charge in [0.1, 0.15) is 29.4 Å². The molecule has 4 aliphatic rings. The zero-order chi connectivity index (χ0) is 35.8. The number of phenolic OH excluding ortho intramolecular Hbond substituents is 1. The smallest absolute Gasteiger partial charge is 0.415 e. The molecule has 0 aromatic heterocycles. The number of Topliss-reactive ketones (excluding diaryl/α,β-unsaturated/α-hetero) is 2. The number of phenols is 1. The van der Waals surface area contributed by atoms with Gasteiger partial charge in [-0.05, 0) is 39.8 Å². The van der Waals surface area contributed by atoms with Crippen molar-refractivity contribution in [2.75, 3.05) is 11.9 Å². The molecule has 4 amide bonds. The number of hydrogen-bond acceptors (Lipinski definition) is 11. The Kier molecular flexibility index (Phi) is 7.53. The predicted molar refractivity (Wildman–Crippen MR) is 175 cm³/mol. The fourth-order valence-electron chi connectivity index (χ4n) is 7.98. The summed E-state index contributed by atoms with van der Waals surface area (Å²) < 4.78 is 5.39. The molecule has 0 aliphatic heterocycles. The number of fused-ring (bicyclic) bond motifs is 6. The Hall–Kier alpha value is -5.99. The third-order valence-electron chi connectivity index (χ3n) is 10.3. The third kappa shape index (κ3) is 4.59. The zero-order valence-electron chi connectivity index (χ0n) is 26.3. The van der Waals surface area contributed by atoms with Gasteiger partial charge in [0.15, 0.2) is 11.4 Å². The molecule has 7 rings (SSSR count). The van der Waals surface area contributed by atoms with Crippen LogP contribution in [0.15, 0.2) is 77.6 Å². The molecule has 256 valence electrons. The lowest BCUT2D eigenvalue weighted by atomic mass is 9.55. The summed E-state index contributed by atoms with van der Waals surface area (Å²) in [5.41, 5.74) is 4.28. The Bertz CT molecular complexity index is 2080. The lowest BCUT2D eigenvalue weighted by Crippen LogP contribution is -2.63. The maximum Gasteiger partial charge on any atom is 0.415 e. The number of aliphatic hydroxyl groups is 4. The molecular weight excluding hydrogens is 650 g/mol. The van der Waals surface area contributed by atoms with Gasteiger partial charge < -0.3 is 41.3 Å². The van der Waals surface area contributed by atoms with Crippen molar-refractivity contribution in [3.63, 3.8) is 0 Å². The highest BCUT2D eigenvalue weighted by Crippen LogP contribution is 2.56. The van der Waals surface area contributed by atoms with Crippen LogP contribution in [0.2, 0.25) is 0 Å². The number of anilines is 1. The minimum atomic E-state index is -2.98. The number of hydrogen-bond donors (Lipinski definition) is 8. The number of alkyl carbamates (subject to hydrolysis) is 1. The number of amides is 4. The number of carbonyl (C=O) groups excluding carboxylic acids is 5. The van der Waals surface area contributed by atoms with Crippen molar-refractivity contribution >= 4 is 41.0 Å². The van der Waals surface area contributed by atoms with Gasteiger partial charge >= 0.3 is 12.1 Å². The maximum absolute atomic E-state index is 13.9. The summed E-state index contributed by atoms with van der Waals surface area (Å²) in [6, 6.07) is 17.0. The molecule has 0 heterocycles. The van der Waals surface area contributed by atoms with E-state index in [2.05, 4.69) is 5.32 Å². The molecular formula is C36H31N3O11. The molecule has 0 spiro atoms. The largest absolute Gasteiger partial charge is 0.508 e. The van der Waals surface area contributed by atoms with E-state index < -0.39 is 93.9 Å². The molecule has 4 aliphatic carbocycles. The summed E-state index contributed by atoms with van der Waals surface area (Å²) in [5.74, 6) is -10.4. The van der Waals surface area contributed by atoms with Gasteiger partial charge in [-0.2, -0.15) is 0 Å². The minimum Gasteiger partial charge on any atom is -0.508 e. The lowest BCUT2D eigenvalue weighted by molar-refractivity contribution is -0.160. The molecule has 50 heavy (non-hydrogen) atoms. The van der Waals surface area contributed by atoms with E-state index in [4.69, 9.17) is 10.5 Å².